The van der Waals surface area contributed by atoms with Crippen LogP contribution < -0.4 is 0 Å². The summed E-state index contributed by atoms with van der Waals surface area (Å²) in [7, 11) is 0. The molecule has 0 aromatic carbocycles. The van der Waals surface area contributed by atoms with Crippen molar-refractivity contribution >= 4 is 5.78 Å². The number of carbonyl (C=O) groups is 1. The number of carbonyl (C=O) groups excluding carboxylic acids is 1. The first-order valence-electron chi connectivity index (χ1n) is 9.57. The summed E-state index contributed by atoms with van der Waals surface area (Å²) < 4.78 is 0. The molecule has 6 heteroatoms. The Morgan fingerprint density at radius 3 is 2.23 bits per heavy atom. The molecule has 146 valence electrons. The van der Waals surface area contributed by atoms with E-state index in [1.807, 2.05) is 20.8 Å². The summed E-state index contributed by atoms with van der Waals surface area (Å²) in [6.45, 7) is 9.64. The van der Waals surface area contributed by atoms with E-state index < -0.39 is 64.4 Å². The number of hydrogen-bond acceptors (Lipinski definition) is 6. The fourth-order valence-electron chi connectivity index (χ4n) is 7.39. The summed E-state index contributed by atoms with van der Waals surface area (Å²) >= 11 is 0. The fraction of sp³-hybridized carbons (Fsp3) is 0.850. The summed E-state index contributed by atoms with van der Waals surface area (Å²) in [6, 6.07) is 0. The van der Waals surface area contributed by atoms with E-state index in [-0.39, 0.29) is 17.9 Å². The van der Waals surface area contributed by atoms with Crippen LogP contribution in [0.15, 0.2) is 12.2 Å². The third-order valence-corrected chi connectivity index (χ3v) is 8.72. The lowest BCUT2D eigenvalue weighted by molar-refractivity contribution is -0.279. The van der Waals surface area contributed by atoms with Crippen LogP contribution in [0.2, 0.25) is 0 Å². The minimum absolute atomic E-state index is 0.0998. The molecule has 0 saturated heterocycles. The lowest BCUT2D eigenvalue weighted by Gasteiger charge is -2.67. The van der Waals surface area contributed by atoms with E-state index in [1.165, 1.54) is 0 Å². The molecule has 0 aliphatic heterocycles. The van der Waals surface area contributed by atoms with E-state index in [2.05, 4.69) is 6.58 Å². The highest BCUT2D eigenvalue weighted by atomic mass is 16.3. The van der Waals surface area contributed by atoms with Gasteiger partial charge in [0.15, 0.2) is 5.78 Å². The van der Waals surface area contributed by atoms with Crippen LogP contribution >= 0.6 is 0 Å². The summed E-state index contributed by atoms with van der Waals surface area (Å²) in [6.07, 6.45) is -4.14. The van der Waals surface area contributed by atoms with Gasteiger partial charge in [0.1, 0.15) is 0 Å². The van der Waals surface area contributed by atoms with Gasteiger partial charge in [-0.3, -0.25) is 4.79 Å². The maximum Gasteiger partial charge on any atom is 0.170 e. The van der Waals surface area contributed by atoms with Gasteiger partial charge in [-0.1, -0.05) is 27.4 Å². The molecule has 5 N–H and O–H groups in total. The zero-order valence-corrected chi connectivity index (χ0v) is 15.6. The predicted molar refractivity (Wildman–Crippen MR) is 92.8 cm³/mol. The van der Waals surface area contributed by atoms with Crippen molar-refractivity contribution in [3.05, 3.63) is 12.2 Å². The molecule has 2 bridgehead atoms. The van der Waals surface area contributed by atoms with Crippen molar-refractivity contribution in [2.75, 3.05) is 0 Å². The van der Waals surface area contributed by atoms with Crippen molar-refractivity contribution in [3.63, 3.8) is 0 Å². The van der Waals surface area contributed by atoms with Crippen LogP contribution in [0.3, 0.4) is 0 Å². The number of aliphatic hydroxyl groups excluding tert-OH is 5. The number of hydrogen-bond donors (Lipinski definition) is 5. The number of Topliss-reactive ketones (excluding diaryl/α,β-unsaturated/α-hetero) is 1. The van der Waals surface area contributed by atoms with Gasteiger partial charge in [-0.2, -0.15) is 0 Å². The average molecular weight is 366 g/mol. The van der Waals surface area contributed by atoms with Crippen molar-refractivity contribution in [2.45, 2.75) is 70.6 Å². The van der Waals surface area contributed by atoms with Gasteiger partial charge < -0.3 is 25.5 Å². The van der Waals surface area contributed by atoms with Gasteiger partial charge in [-0.15, -0.1) is 0 Å². The Kier molecular flexibility index (Phi) is 3.69. The Hall–Kier alpha value is -0.790. The zero-order valence-electron chi connectivity index (χ0n) is 15.6. The molecule has 0 aromatic rings. The molecule has 10 atom stereocenters. The van der Waals surface area contributed by atoms with Crippen molar-refractivity contribution in [2.24, 2.45) is 34.0 Å². The smallest absolute Gasteiger partial charge is 0.170 e. The van der Waals surface area contributed by atoms with Crippen LogP contribution in [0.25, 0.3) is 0 Å². The SMILES string of the molecule is C=C1C(=O)[C@@]23[C@H](O)C[C@@H]4C(C)(C)[C@H](O)CC[C@@]4(C)[C@@H]2[C@@H](O)[C@H](O)[C@@H]1[C@H]3O. The van der Waals surface area contributed by atoms with E-state index >= 15 is 0 Å². The van der Waals surface area contributed by atoms with Crippen LogP contribution in [-0.4, -0.2) is 61.8 Å². The summed E-state index contributed by atoms with van der Waals surface area (Å²) in [5, 5.41) is 54.4. The second-order valence-corrected chi connectivity index (χ2v) is 9.90. The zero-order chi connectivity index (χ0) is 19.4. The van der Waals surface area contributed by atoms with Crippen molar-refractivity contribution in [1.29, 1.82) is 0 Å². The lowest BCUT2D eigenvalue weighted by Crippen LogP contribution is -2.73. The van der Waals surface area contributed by atoms with Crippen LogP contribution in [0, 0.1) is 34.0 Å². The highest BCUT2D eigenvalue weighted by Crippen LogP contribution is 2.70. The number of aliphatic hydroxyl groups is 5. The van der Waals surface area contributed by atoms with Gasteiger partial charge in [-0.25, -0.2) is 0 Å². The van der Waals surface area contributed by atoms with E-state index in [0.717, 1.165) is 0 Å². The number of ketones is 1. The quantitative estimate of drug-likeness (QED) is 0.386. The third-order valence-electron chi connectivity index (χ3n) is 8.72. The van der Waals surface area contributed by atoms with Crippen LogP contribution in [0.5, 0.6) is 0 Å². The predicted octanol–water partition coefficient (Wildman–Crippen LogP) is 0.00840. The Bertz CT molecular complexity index is 673. The Morgan fingerprint density at radius 2 is 1.62 bits per heavy atom. The minimum atomic E-state index is -1.52. The van der Waals surface area contributed by atoms with Crippen LogP contribution in [0.1, 0.15) is 40.0 Å². The summed E-state index contributed by atoms with van der Waals surface area (Å²) in [4.78, 5) is 13.2. The molecular weight excluding hydrogens is 336 g/mol. The third kappa shape index (κ3) is 1.74. The molecule has 0 unspecified atom stereocenters. The molecule has 4 rings (SSSR count). The van der Waals surface area contributed by atoms with Gasteiger partial charge in [0.05, 0.1) is 35.9 Å². The largest absolute Gasteiger partial charge is 0.393 e. The van der Waals surface area contributed by atoms with Gasteiger partial charge >= 0.3 is 0 Å². The molecule has 4 saturated carbocycles. The Morgan fingerprint density at radius 1 is 1.00 bits per heavy atom. The number of fused-ring (bicyclic) bond motifs is 3. The van der Waals surface area contributed by atoms with Gasteiger partial charge in [-0.05, 0) is 41.6 Å². The first-order valence-corrected chi connectivity index (χ1v) is 9.57. The molecule has 6 nitrogen and oxygen atoms in total. The van der Waals surface area contributed by atoms with E-state index in [1.54, 1.807) is 0 Å². The normalized spacial score (nSPS) is 58.3. The monoisotopic (exact) mass is 366 g/mol. The van der Waals surface area contributed by atoms with Gasteiger partial charge in [0, 0.05) is 11.8 Å². The molecule has 0 amide bonds. The lowest BCUT2D eigenvalue weighted by atomic mass is 9.38. The van der Waals surface area contributed by atoms with Gasteiger partial charge in [0.25, 0.3) is 0 Å². The molecule has 26 heavy (non-hydrogen) atoms. The number of rotatable bonds is 0. The average Bonchev–Trinajstić information content (AvgIpc) is 2.71. The van der Waals surface area contributed by atoms with Crippen LogP contribution in [0.4, 0.5) is 0 Å². The van der Waals surface area contributed by atoms with Crippen LogP contribution in [-0.2, 0) is 4.79 Å². The van der Waals surface area contributed by atoms with Crippen molar-refractivity contribution in [3.8, 4) is 0 Å². The molecule has 1 spiro atoms. The highest BCUT2D eigenvalue weighted by Gasteiger charge is 2.78. The molecular formula is C20H30O6. The van der Waals surface area contributed by atoms with Crippen molar-refractivity contribution in [1.82, 2.24) is 0 Å². The Labute approximate surface area is 153 Å². The van der Waals surface area contributed by atoms with E-state index in [9.17, 15) is 30.3 Å². The molecule has 4 fully saturated rings. The van der Waals surface area contributed by atoms with E-state index in [0.29, 0.717) is 12.8 Å². The molecule has 0 heterocycles. The highest BCUT2D eigenvalue weighted by molar-refractivity contribution is 6.04. The fourth-order valence-corrected chi connectivity index (χ4v) is 7.39. The second-order valence-electron chi connectivity index (χ2n) is 9.90. The minimum Gasteiger partial charge on any atom is -0.393 e. The Balaban J connectivity index is 1.94. The maximum atomic E-state index is 13.2. The summed E-state index contributed by atoms with van der Waals surface area (Å²) in [5.74, 6) is -2.31. The first-order chi connectivity index (χ1) is 11.9. The van der Waals surface area contributed by atoms with Crippen molar-refractivity contribution < 1.29 is 30.3 Å². The maximum absolute atomic E-state index is 13.2. The second kappa shape index (κ2) is 5.17. The summed E-state index contributed by atoms with van der Waals surface area (Å²) in [5.41, 5.74) is -2.54. The topological polar surface area (TPSA) is 118 Å². The molecule has 0 radical (unpaired) electrons. The molecule has 4 aliphatic rings. The first kappa shape index (κ1) is 18.6. The van der Waals surface area contributed by atoms with E-state index in [4.69, 9.17) is 0 Å². The van der Waals surface area contributed by atoms with Gasteiger partial charge in [0.2, 0.25) is 0 Å². The molecule has 0 aromatic heterocycles. The molecule has 4 aliphatic carbocycles. The standard InChI is InChI=1S/C20H30O6/c1-8-12-13(23)14(24)15-19(4)6-5-10(21)18(2,3)9(19)7-11(22)20(15,16(8)25)17(12)26/h9-15,17,21-24,26H,1,5-7H2,2-4H3/t9-,10-,11-,12-,13-,14+,15+,17-,19-,20-/m1/s1.